The second-order valence-corrected chi connectivity index (χ2v) is 6.47. The van der Waals surface area contributed by atoms with E-state index in [-0.39, 0.29) is 24.2 Å². The fraction of sp³-hybridized carbons (Fsp3) is 0.167. The van der Waals surface area contributed by atoms with Gasteiger partial charge in [0.2, 0.25) is 0 Å². The van der Waals surface area contributed by atoms with Crippen molar-refractivity contribution in [3.8, 4) is 0 Å². The lowest BCUT2D eigenvalue weighted by Gasteiger charge is -2.15. The number of pyridine rings is 1. The quantitative estimate of drug-likeness (QED) is 0.783. The molecular weight excluding hydrogens is 327 g/mol. The van der Waals surface area contributed by atoms with E-state index in [9.17, 15) is 14.0 Å². The molecule has 0 fully saturated rings. The Morgan fingerprint density at radius 3 is 2.33 bits per heavy atom. The summed E-state index contributed by atoms with van der Waals surface area (Å²) >= 11 is 1.33. The number of aromatic nitrogens is 1. The minimum atomic E-state index is -0.380. The number of nitrogens with zero attached hydrogens (tertiary/aromatic N) is 2. The number of hydrogen-bond donors (Lipinski definition) is 0. The zero-order valence-corrected chi connectivity index (χ0v) is 13.8. The van der Waals surface area contributed by atoms with Crippen molar-refractivity contribution in [3.05, 3.63) is 70.6 Å². The van der Waals surface area contributed by atoms with Gasteiger partial charge in [-0.3, -0.25) is 19.5 Å². The lowest BCUT2D eigenvalue weighted by molar-refractivity contribution is -0.137. The van der Waals surface area contributed by atoms with Gasteiger partial charge in [0.1, 0.15) is 5.82 Å². The van der Waals surface area contributed by atoms with Gasteiger partial charge in [0.15, 0.2) is 0 Å². The van der Waals surface area contributed by atoms with Gasteiger partial charge in [-0.25, -0.2) is 4.39 Å². The lowest BCUT2D eigenvalue weighted by atomic mass is 10.1. The van der Waals surface area contributed by atoms with Crippen molar-refractivity contribution in [1.82, 2.24) is 9.88 Å². The second kappa shape index (κ2) is 6.97. The molecule has 0 saturated carbocycles. The Labute approximate surface area is 143 Å². The van der Waals surface area contributed by atoms with Crippen LogP contribution in [0.25, 0.3) is 5.57 Å². The van der Waals surface area contributed by atoms with Crippen LogP contribution in [0.15, 0.2) is 53.7 Å². The third kappa shape index (κ3) is 3.10. The van der Waals surface area contributed by atoms with Crippen molar-refractivity contribution in [2.45, 2.75) is 13.5 Å². The topological polar surface area (TPSA) is 50.3 Å². The molecule has 1 aliphatic rings. The van der Waals surface area contributed by atoms with Crippen LogP contribution >= 0.6 is 11.8 Å². The number of benzene rings is 1. The van der Waals surface area contributed by atoms with Crippen LogP contribution in [0.1, 0.15) is 18.1 Å². The zero-order chi connectivity index (χ0) is 17.1. The van der Waals surface area contributed by atoms with E-state index in [4.69, 9.17) is 0 Å². The normalized spacial score (nSPS) is 14.7. The molecule has 24 heavy (non-hydrogen) atoms. The number of thioether (sulfide) groups is 1. The predicted octanol–water partition coefficient (Wildman–Crippen LogP) is 3.25. The number of rotatable bonds is 5. The highest BCUT2D eigenvalue weighted by atomic mass is 32.2. The fourth-order valence-electron chi connectivity index (χ4n) is 2.52. The number of halogens is 1. The molecule has 2 aromatic rings. The van der Waals surface area contributed by atoms with Crippen molar-refractivity contribution < 1.29 is 14.0 Å². The van der Waals surface area contributed by atoms with Crippen molar-refractivity contribution in [1.29, 1.82) is 0 Å². The molecule has 0 saturated heterocycles. The summed E-state index contributed by atoms with van der Waals surface area (Å²) in [5.41, 5.74) is 1.73. The first-order valence-electron chi connectivity index (χ1n) is 7.50. The first-order chi connectivity index (χ1) is 11.6. The molecule has 122 valence electrons. The molecular formula is C18H15FN2O2S. The third-order valence-electron chi connectivity index (χ3n) is 3.64. The van der Waals surface area contributed by atoms with E-state index in [2.05, 4.69) is 4.98 Å². The molecule has 0 atom stereocenters. The Hall–Kier alpha value is -2.47. The molecule has 4 nitrogen and oxygen atoms in total. The Bertz CT molecular complexity index is 804. The number of amides is 2. The van der Waals surface area contributed by atoms with Crippen LogP contribution in [-0.2, 0) is 16.1 Å². The molecule has 0 unspecified atom stereocenters. The molecule has 0 radical (unpaired) electrons. The maximum atomic E-state index is 13.2. The highest BCUT2D eigenvalue weighted by Crippen LogP contribution is 2.36. The summed E-state index contributed by atoms with van der Waals surface area (Å²) in [6.45, 7) is 2.11. The van der Waals surface area contributed by atoms with Crippen LogP contribution in [0.5, 0.6) is 0 Å². The standard InChI is InChI=1S/C18H15FN2O2S/c1-2-24-16-15(13-3-5-14(19)6-4-13)17(22)21(18(16)23)11-12-7-9-20-10-8-12/h3-10H,2,11H2,1H3. The third-order valence-corrected chi connectivity index (χ3v) is 4.59. The van der Waals surface area contributed by atoms with Gasteiger partial charge in [-0.1, -0.05) is 19.1 Å². The molecule has 0 N–H and O–H groups in total. The van der Waals surface area contributed by atoms with E-state index in [0.29, 0.717) is 21.8 Å². The zero-order valence-electron chi connectivity index (χ0n) is 13.0. The minimum absolute atomic E-state index is 0.193. The summed E-state index contributed by atoms with van der Waals surface area (Å²) < 4.78 is 13.2. The molecule has 3 rings (SSSR count). The average Bonchev–Trinajstić information content (AvgIpc) is 2.82. The molecule has 0 aliphatic carbocycles. The summed E-state index contributed by atoms with van der Waals surface area (Å²) in [6.07, 6.45) is 3.24. The van der Waals surface area contributed by atoms with Crippen LogP contribution < -0.4 is 0 Å². The van der Waals surface area contributed by atoms with Gasteiger partial charge in [0.25, 0.3) is 11.8 Å². The highest BCUT2D eigenvalue weighted by Gasteiger charge is 2.38. The van der Waals surface area contributed by atoms with E-state index in [1.165, 1.54) is 40.9 Å². The number of imide groups is 1. The summed E-state index contributed by atoms with van der Waals surface area (Å²) in [7, 11) is 0. The average molecular weight is 342 g/mol. The Morgan fingerprint density at radius 1 is 1.04 bits per heavy atom. The molecule has 2 amide bonds. The SMILES string of the molecule is CCSC1=C(c2ccc(F)cc2)C(=O)N(Cc2ccncc2)C1=O. The van der Waals surface area contributed by atoms with Crippen LogP contribution in [0.4, 0.5) is 4.39 Å². The molecule has 1 aliphatic heterocycles. The number of hydrogen-bond acceptors (Lipinski definition) is 4. The summed E-state index contributed by atoms with van der Waals surface area (Å²) in [5.74, 6) is -0.362. The van der Waals surface area contributed by atoms with Crippen molar-refractivity contribution >= 4 is 29.1 Å². The Morgan fingerprint density at radius 2 is 1.71 bits per heavy atom. The Balaban J connectivity index is 1.97. The van der Waals surface area contributed by atoms with Crippen molar-refractivity contribution in [3.63, 3.8) is 0 Å². The maximum absolute atomic E-state index is 13.2. The molecule has 0 spiro atoms. The van der Waals surface area contributed by atoms with Crippen LogP contribution in [0.2, 0.25) is 0 Å². The van der Waals surface area contributed by atoms with E-state index in [1.807, 2.05) is 6.92 Å². The smallest absolute Gasteiger partial charge is 0.268 e. The largest absolute Gasteiger partial charge is 0.269 e. The monoisotopic (exact) mass is 342 g/mol. The lowest BCUT2D eigenvalue weighted by Crippen LogP contribution is -2.30. The van der Waals surface area contributed by atoms with Crippen molar-refractivity contribution in [2.24, 2.45) is 0 Å². The summed E-state index contributed by atoms with van der Waals surface area (Å²) in [6, 6.07) is 9.18. The maximum Gasteiger partial charge on any atom is 0.268 e. The van der Waals surface area contributed by atoms with Gasteiger partial charge in [-0.2, -0.15) is 0 Å². The molecule has 6 heteroatoms. The van der Waals surface area contributed by atoms with Gasteiger partial charge in [-0.15, -0.1) is 11.8 Å². The first-order valence-corrected chi connectivity index (χ1v) is 8.48. The second-order valence-electron chi connectivity index (χ2n) is 5.20. The van der Waals surface area contributed by atoms with E-state index >= 15 is 0 Å². The van der Waals surface area contributed by atoms with Gasteiger partial charge < -0.3 is 0 Å². The fourth-order valence-corrected chi connectivity index (χ4v) is 3.39. The predicted molar refractivity (Wildman–Crippen MR) is 91.2 cm³/mol. The first kappa shape index (κ1) is 16.4. The molecule has 1 aromatic carbocycles. The van der Waals surface area contributed by atoms with E-state index in [1.54, 1.807) is 24.5 Å². The number of carbonyl (C=O) groups excluding carboxylic acids is 2. The van der Waals surface area contributed by atoms with E-state index < -0.39 is 0 Å². The Kier molecular flexibility index (Phi) is 4.76. The number of carbonyl (C=O) groups is 2. The highest BCUT2D eigenvalue weighted by molar-refractivity contribution is 8.04. The summed E-state index contributed by atoms with van der Waals surface area (Å²) in [5, 5.41) is 0. The summed E-state index contributed by atoms with van der Waals surface area (Å²) in [4.78, 5) is 31.1. The van der Waals surface area contributed by atoms with Gasteiger partial charge >= 0.3 is 0 Å². The van der Waals surface area contributed by atoms with Gasteiger partial charge in [0.05, 0.1) is 17.0 Å². The van der Waals surface area contributed by atoms with Gasteiger partial charge in [0, 0.05) is 12.4 Å². The molecule has 0 bridgehead atoms. The van der Waals surface area contributed by atoms with Crippen molar-refractivity contribution in [2.75, 3.05) is 5.75 Å². The van der Waals surface area contributed by atoms with Crippen LogP contribution in [-0.4, -0.2) is 27.5 Å². The van der Waals surface area contributed by atoms with Crippen LogP contribution in [0, 0.1) is 5.82 Å². The molecule has 1 aromatic heterocycles. The van der Waals surface area contributed by atoms with E-state index in [0.717, 1.165) is 5.56 Å². The molecule has 2 heterocycles. The minimum Gasteiger partial charge on any atom is -0.269 e. The van der Waals surface area contributed by atoms with Crippen LogP contribution in [0.3, 0.4) is 0 Å². The van der Waals surface area contributed by atoms with Gasteiger partial charge in [-0.05, 0) is 41.1 Å².